The molecule has 0 atom stereocenters. The van der Waals surface area contributed by atoms with Crippen LogP contribution in [0, 0.1) is 19.7 Å². The summed E-state index contributed by atoms with van der Waals surface area (Å²) in [5.74, 6) is -0.214. The van der Waals surface area contributed by atoms with E-state index in [9.17, 15) is 9.18 Å². The van der Waals surface area contributed by atoms with E-state index in [2.05, 4.69) is 15.5 Å². The van der Waals surface area contributed by atoms with E-state index in [1.54, 1.807) is 29.1 Å². The number of benzene rings is 2. The van der Waals surface area contributed by atoms with Gasteiger partial charge in [0.15, 0.2) is 12.4 Å². The van der Waals surface area contributed by atoms with Crippen molar-refractivity contribution in [1.82, 2.24) is 19.6 Å². The number of amides is 1. The fourth-order valence-corrected chi connectivity index (χ4v) is 3.72. The van der Waals surface area contributed by atoms with Gasteiger partial charge in [0.1, 0.15) is 11.6 Å². The molecule has 0 aliphatic heterocycles. The summed E-state index contributed by atoms with van der Waals surface area (Å²) in [5.41, 5.74) is 3.16. The Kier molecular flexibility index (Phi) is 6.67. The third kappa shape index (κ3) is 5.35. The molecule has 2 aromatic heterocycles. The van der Waals surface area contributed by atoms with Gasteiger partial charge in [-0.15, -0.1) is 0 Å². The Balaban J connectivity index is 1.42. The van der Waals surface area contributed by atoms with Gasteiger partial charge in [0.05, 0.1) is 23.6 Å². The van der Waals surface area contributed by atoms with E-state index in [4.69, 9.17) is 27.9 Å². The van der Waals surface area contributed by atoms with E-state index in [1.807, 2.05) is 19.9 Å². The Bertz CT molecular complexity index is 1300. The molecule has 0 bridgehead atoms. The molecule has 4 rings (SSSR count). The lowest BCUT2D eigenvalue weighted by molar-refractivity contribution is 0.102. The number of aromatic nitrogens is 4. The molecule has 0 radical (unpaired) electrons. The van der Waals surface area contributed by atoms with Crippen molar-refractivity contribution in [2.45, 2.75) is 27.1 Å². The van der Waals surface area contributed by atoms with Gasteiger partial charge in [0.25, 0.3) is 5.91 Å². The number of anilines is 1. The van der Waals surface area contributed by atoms with Gasteiger partial charge in [0.2, 0.25) is 0 Å². The molecule has 0 saturated heterocycles. The van der Waals surface area contributed by atoms with Crippen LogP contribution in [0.3, 0.4) is 0 Å². The largest absolute Gasteiger partial charge is 0.471 e. The van der Waals surface area contributed by atoms with Crippen LogP contribution in [0.25, 0.3) is 0 Å². The molecule has 0 unspecified atom stereocenters. The molecule has 7 nitrogen and oxygen atoms in total. The highest BCUT2D eigenvalue weighted by atomic mass is 35.5. The minimum absolute atomic E-state index is 0.0801. The maximum absolute atomic E-state index is 13.0. The van der Waals surface area contributed by atoms with Crippen LogP contribution < -0.4 is 10.1 Å². The van der Waals surface area contributed by atoms with Crippen molar-refractivity contribution in [3.63, 3.8) is 0 Å². The van der Waals surface area contributed by atoms with Gasteiger partial charge in [0, 0.05) is 16.2 Å². The van der Waals surface area contributed by atoms with E-state index >= 15 is 0 Å². The summed E-state index contributed by atoms with van der Waals surface area (Å²) in [6, 6.07) is 12.5. The quantitative estimate of drug-likeness (QED) is 0.374. The SMILES string of the molecule is Cc1nn(Cc2ccc(Cl)cc2Cl)c(C)c1NC(=O)c1ccn(COc2ccc(F)cc2)n1. The fraction of sp³-hybridized carbons (Fsp3) is 0.174. The molecule has 170 valence electrons. The summed E-state index contributed by atoms with van der Waals surface area (Å²) in [5, 5.41) is 12.8. The van der Waals surface area contributed by atoms with Crippen LogP contribution in [0.15, 0.2) is 54.7 Å². The van der Waals surface area contributed by atoms with Crippen molar-refractivity contribution in [2.75, 3.05) is 5.32 Å². The number of rotatable bonds is 7. The van der Waals surface area contributed by atoms with E-state index < -0.39 is 0 Å². The van der Waals surface area contributed by atoms with Crippen LogP contribution >= 0.6 is 23.2 Å². The number of hydrogen-bond donors (Lipinski definition) is 1. The van der Waals surface area contributed by atoms with Crippen LogP contribution in [-0.4, -0.2) is 25.5 Å². The van der Waals surface area contributed by atoms with Crippen molar-refractivity contribution in [1.29, 1.82) is 0 Å². The first-order valence-corrected chi connectivity index (χ1v) is 10.8. The second kappa shape index (κ2) is 9.64. The molecule has 0 aliphatic rings. The van der Waals surface area contributed by atoms with Gasteiger partial charge in [-0.25, -0.2) is 9.07 Å². The molecule has 0 aliphatic carbocycles. The van der Waals surface area contributed by atoms with Crippen molar-refractivity contribution in [3.8, 4) is 5.75 Å². The van der Waals surface area contributed by atoms with Gasteiger partial charge < -0.3 is 10.1 Å². The molecule has 4 aromatic rings. The lowest BCUT2D eigenvalue weighted by atomic mass is 10.2. The predicted octanol–water partition coefficient (Wildman–Crippen LogP) is 5.48. The van der Waals surface area contributed by atoms with Crippen molar-refractivity contribution < 1.29 is 13.9 Å². The highest BCUT2D eigenvalue weighted by Crippen LogP contribution is 2.25. The summed E-state index contributed by atoms with van der Waals surface area (Å²) < 4.78 is 21.8. The summed E-state index contributed by atoms with van der Waals surface area (Å²) in [6.45, 7) is 4.21. The number of carbonyl (C=O) groups excluding carboxylic acids is 1. The zero-order valence-corrected chi connectivity index (χ0v) is 19.4. The first-order valence-electron chi connectivity index (χ1n) is 10.0. The standard InChI is InChI=1S/C23H20Cl2FN5O2/c1-14-22(15(2)31(28-14)12-16-3-4-17(24)11-20(16)25)27-23(32)21-9-10-30(29-21)13-33-19-7-5-18(26)6-8-19/h3-11H,12-13H2,1-2H3,(H,27,32). The Morgan fingerprint density at radius 2 is 1.85 bits per heavy atom. The minimum atomic E-state index is -0.370. The second-order valence-corrected chi connectivity index (χ2v) is 8.20. The van der Waals surface area contributed by atoms with E-state index in [0.717, 1.165) is 11.3 Å². The van der Waals surface area contributed by atoms with Gasteiger partial charge >= 0.3 is 0 Å². The molecule has 0 fully saturated rings. The predicted molar refractivity (Wildman–Crippen MR) is 124 cm³/mol. The molecule has 1 N–H and O–H groups in total. The normalized spacial score (nSPS) is 10.9. The smallest absolute Gasteiger partial charge is 0.276 e. The van der Waals surface area contributed by atoms with Crippen LogP contribution in [0.2, 0.25) is 10.0 Å². The minimum Gasteiger partial charge on any atom is -0.471 e. The summed E-state index contributed by atoms with van der Waals surface area (Å²) in [7, 11) is 0. The lowest BCUT2D eigenvalue weighted by Crippen LogP contribution is -2.15. The van der Waals surface area contributed by atoms with Crippen LogP contribution in [0.1, 0.15) is 27.4 Å². The molecular weight excluding hydrogens is 468 g/mol. The Morgan fingerprint density at radius 3 is 2.58 bits per heavy atom. The third-order valence-corrected chi connectivity index (χ3v) is 5.59. The average Bonchev–Trinajstić information content (AvgIpc) is 3.36. The summed E-state index contributed by atoms with van der Waals surface area (Å²) >= 11 is 12.3. The van der Waals surface area contributed by atoms with Crippen LogP contribution in [0.4, 0.5) is 10.1 Å². The van der Waals surface area contributed by atoms with Gasteiger partial charge in [-0.05, 0) is 61.9 Å². The number of nitrogens with one attached hydrogen (secondary N) is 1. The molecule has 2 aromatic carbocycles. The monoisotopic (exact) mass is 487 g/mol. The Morgan fingerprint density at radius 1 is 1.09 bits per heavy atom. The molecule has 2 heterocycles. The topological polar surface area (TPSA) is 74.0 Å². The van der Waals surface area contributed by atoms with Crippen LogP contribution in [-0.2, 0) is 13.3 Å². The van der Waals surface area contributed by atoms with Crippen molar-refractivity contribution in [2.24, 2.45) is 0 Å². The highest BCUT2D eigenvalue weighted by molar-refractivity contribution is 6.35. The molecule has 33 heavy (non-hydrogen) atoms. The van der Waals surface area contributed by atoms with Gasteiger partial charge in [-0.3, -0.25) is 9.48 Å². The van der Waals surface area contributed by atoms with E-state index in [-0.39, 0.29) is 24.1 Å². The summed E-state index contributed by atoms with van der Waals surface area (Å²) in [6.07, 6.45) is 1.63. The summed E-state index contributed by atoms with van der Waals surface area (Å²) in [4.78, 5) is 12.8. The van der Waals surface area contributed by atoms with Crippen molar-refractivity contribution >= 4 is 34.8 Å². The van der Waals surface area contributed by atoms with E-state index in [0.29, 0.717) is 33.7 Å². The molecular formula is C23H20Cl2FN5O2. The zero-order chi connectivity index (χ0) is 23.5. The molecule has 10 heteroatoms. The average molecular weight is 488 g/mol. The van der Waals surface area contributed by atoms with Gasteiger partial charge in [-0.2, -0.15) is 10.2 Å². The number of halogens is 3. The van der Waals surface area contributed by atoms with Gasteiger partial charge in [-0.1, -0.05) is 29.3 Å². The number of hydrogen-bond acceptors (Lipinski definition) is 4. The fourth-order valence-electron chi connectivity index (χ4n) is 3.25. The van der Waals surface area contributed by atoms with Crippen LogP contribution in [0.5, 0.6) is 5.75 Å². The molecule has 0 saturated carbocycles. The number of ether oxygens (including phenoxy) is 1. The first-order chi connectivity index (χ1) is 15.8. The molecule has 0 spiro atoms. The molecule has 1 amide bonds. The lowest BCUT2D eigenvalue weighted by Gasteiger charge is -2.08. The zero-order valence-electron chi connectivity index (χ0n) is 17.8. The Labute approximate surface area is 199 Å². The maximum atomic E-state index is 13.0. The number of aryl methyl sites for hydroxylation is 1. The van der Waals surface area contributed by atoms with Crippen molar-refractivity contribution in [3.05, 3.63) is 93.2 Å². The first kappa shape index (κ1) is 22.8. The number of carbonyl (C=O) groups is 1. The highest BCUT2D eigenvalue weighted by Gasteiger charge is 2.18. The third-order valence-electron chi connectivity index (χ3n) is 5.01. The second-order valence-electron chi connectivity index (χ2n) is 7.36. The Hall–Kier alpha value is -3.36. The van der Waals surface area contributed by atoms with E-state index in [1.165, 1.54) is 28.9 Å². The number of nitrogens with zero attached hydrogens (tertiary/aromatic N) is 4. The maximum Gasteiger partial charge on any atom is 0.276 e.